The van der Waals surface area contributed by atoms with Gasteiger partial charge in [-0.15, -0.1) is 0 Å². The molecule has 0 aliphatic rings. The molecule has 0 aromatic heterocycles. The summed E-state index contributed by atoms with van der Waals surface area (Å²) in [5.74, 6) is -0.261. The normalized spacial score (nSPS) is 10.3. The number of rotatable bonds is 2. The quantitative estimate of drug-likeness (QED) is 0.734. The number of hydrogen-bond donors (Lipinski definition) is 3. The van der Waals surface area contributed by atoms with Gasteiger partial charge in [-0.05, 0) is 65.2 Å². The van der Waals surface area contributed by atoms with Crippen molar-refractivity contribution in [3.63, 3.8) is 0 Å². The molecule has 0 fully saturated rings. The average Bonchev–Trinajstić information content (AvgIpc) is 2.42. The molecule has 0 aliphatic carbocycles. The van der Waals surface area contributed by atoms with Crippen LogP contribution in [0, 0.1) is 13.8 Å². The highest BCUT2D eigenvalue weighted by molar-refractivity contribution is 9.10. The molecular formula is C15H15BrN2O2. The lowest BCUT2D eigenvalue weighted by Gasteiger charge is -2.13. The molecule has 1 amide bonds. The van der Waals surface area contributed by atoms with Crippen LogP contribution in [-0.4, -0.2) is 11.0 Å². The second-order valence-corrected chi connectivity index (χ2v) is 5.45. The van der Waals surface area contributed by atoms with Gasteiger partial charge in [-0.2, -0.15) is 0 Å². The lowest BCUT2D eigenvalue weighted by molar-refractivity contribution is 0.102. The van der Waals surface area contributed by atoms with E-state index >= 15 is 0 Å². The largest absolute Gasteiger partial charge is 0.507 e. The van der Waals surface area contributed by atoms with Gasteiger partial charge in [0.05, 0.1) is 4.47 Å². The summed E-state index contributed by atoms with van der Waals surface area (Å²) >= 11 is 3.18. The Morgan fingerprint density at radius 3 is 2.60 bits per heavy atom. The van der Waals surface area contributed by atoms with Crippen LogP contribution in [0.5, 0.6) is 5.75 Å². The van der Waals surface area contributed by atoms with Gasteiger partial charge in [0.1, 0.15) is 5.75 Å². The molecule has 4 N–H and O–H groups in total. The van der Waals surface area contributed by atoms with E-state index in [2.05, 4.69) is 21.2 Å². The SMILES string of the molecule is Cc1ccc(N)c(C)c1NC(=O)c1ccc(Br)c(O)c1. The van der Waals surface area contributed by atoms with Gasteiger partial charge in [-0.1, -0.05) is 6.07 Å². The highest BCUT2D eigenvalue weighted by Gasteiger charge is 2.12. The Labute approximate surface area is 125 Å². The first-order valence-electron chi connectivity index (χ1n) is 6.05. The monoisotopic (exact) mass is 334 g/mol. The molecule has 0 atom stereocenters. The first-order chi connectivity index (χ1) is 9.40. The number of nitrogen functional groups attached to an aromatic ring is 1. The summed E-state index contributed by atoms with van der Waals surface area (Å²) in [6.45, 7) is 3.76. The van der Waals surface area contributed by atoms with Crippen molar-refractivity contribution in [1.29, 1.82) is 0 Å². The number of nitrogens with two attached hydrogens (primary N) is 1. The number of benzene rings is 2. The fourth-order valence-electron chi connectivity index (χ4n) is 1.90. The van der Waals surface area contributed by atoms with Crippen molar-refractivity contribution >= 4 is 33.2 Å². The zero-order chi connectivity index (χ0) is 14.9. The molecule has 2 aromatic rings. The average molecular weight is 335 g/mol. The second-order valence-electron chi connectivity index (χ2n) is 4.59. The Bertz CT molecular complexity index is 684. The summed E-state index contributed by atoms with van der Waals surface area (Å²) in [7, 11) is 0. The smallest absolute Gasteiger partial charge is 0.255 e. The van der Waals surface area contributed by atoms with Gasteiger partial charge in [0.15, 0.2) is 0 Å². The number of anilines is 2. The predicted octanol–water partition coefficient (Wildman–Crippen LogP) is 3.61. The van der Waals surface area contributed by atoms with Crippen molar-refractivity contribution < 1.29 is 9.90 Å². The molecule has 0 aliphatic heterocycles. The summed E-state index contributed by atoms with van der Waals surface area (Å²) in [6.07, 6.45) is 0. The number of amides is 1. The van der Waals surface area contributed by atoms with Crippen molar-refractivity contribution in [2.75, 3.05) is 11.1 Å². The number of nitrogens with one attached hydrogen (secondary N) is 1. The lowest BCUT2D eigenvalue weighted by Crippen LogP contribution is -2.14. The number of aromatic hydroxyl groups is 1. The predicted molar refractivity (Wildman–Crippen MR) is 84.1 cm³/mol. The number of phenolic OH excluding ortho intramolecular Hbond substituents is 1. The minimum Gasteiger partial charge on any atom is -0.507 e. The van der Waals surface area contributed by atoms with Crippen molar-refractivity contribution in [2.24, 2.45) is 0 Å². The van der Waals surface area contributed by atoms with Crippen molar-refractivity contribution in [3.8, 4) is 5.75 Å². The highest BCUT2D eigenvalue weighted by Crippen LogP contribution is 2.27. The first-order valence-corrected chi connectivity index (χ1v) is 6.85. The van der Waals surface area contributed by atoms with Gasteiger partial charge in [0.25, 0.3) is 5.91 Å². The summed E-state index contributed by atoms with van der Waals surface area (Å²) in [5.41, 5.74) is 9.34. The minimum absolute atomic E-state index is 0.0265. The fourth-order valence-corrected chi connectivity index (χ4v) is 2.14. The maximum atomic E-state index is 12.2. The van der Waals surface area contributed by atoms with Crippen molar-refractivity contribution in [3.05, 3.63) is 51.5 Å². The molecular weight excluding hydrogens is 320 g/mol. The van der Waals surface area contributed by atoms with Gasteiger partial charge in [-0.3, -0.25) is 4.79 Å². The van der Waals surface area contributed by atoms with E-state index in [9.17, 15) is 9.90 Å². The van der Waals surface area contributed by atoms with Gasteiger partial charge in [0, 0.05) is 16.9 Å². The maximum Gasteiger partial charge on any atom is 0.255 e. The second kappa shape index (κ2) is 5.54. The molecule has 5 heteroatoms. The molecule has 2 aromatic carbocycles. The standard InChI is InChI=1S/C15H15BrN2O2/c1-8-3-6-12(17)9(2)14(8)18-15(20)10-4-5-11(16)13(19)7-10/h3-7,19H,17H2,1-2H3,(H,18,20). The molecule has 0 saturated heterocycles. The van der Waals surface area contributed by atoms with E-state index in [4.69, 9.17) is 5.73 Å². The third kappa shape index (κ3) is 2.77. The molecule has 0 radical (unpaired) electrons. The maximum absolute atomic E-state index is 12.2. The minimum atomic E-state index is -0.287. The molecule has 0 spiro atoms. The van der Waals surface area contributed by atoms with Crippen LogP contribution in [-0.2, 0) is 0 Å². The molecule has 104 valence electrons. The van der Waals surface area contributed by atoms with Gasteiger partial charge < -0.3 is 16.2 Å². The lowest BCUT2D eigenvalue weighted by atomic mass is 10.1. The van der Waals surface area contributed by atoms with Crippen LogP contribution in [0.15, 0.2) is 34.8 Å². The van der Waals surface area contributed by atoms with Crippen LogP contribution >= 0.6 is 15.9 Å². The van der Waals surface area contributed by atoms with Crippen LogP contribution in [0.2, 0.25) is 0 Å². The topological polar surface area (TPSA) is 75.3 Å². The third-order valence-corrected chi connectivity index (χ3v) is 3.83. The first kappa shape index (κ1) is 14.4. The molecule has 0 saturated carbocycles. The number of phenols is 1. The number of aryl methyl sites for hydroxylation is 1. The Hall–Kier alpha value is -2.01. The van der Waals surface area contributed by atoms with E-state index < -0.39 is 0 Å². The molecule has 4 nitrogen and oxygen atoms in total. The van der Waals surface area contributed by atoms with Crippen LogP contribution in [0.4, 0.5) is 11.4 Å². The van der Waals surface area contributed by atoms with E-state index in [1.54, 1.807) is 12.1 Å². The van der Waals surface area contributed by atoms with Crippen molar-refractivity contribution in [2.45, 2.75) is 13.8 Å². The highest BCUT2D eigenvalue weighted by atomic mass is 79.9. The molecule has 0 heterocycles. The number of carbonyl (C=O) groups excluding carboxylic acids is 1. The van der Waals surface area contributed by atoms with Crippen LogP contribution in [0.1, 0.15) is 21.5 Å². The van der Waals surface area contributed by atoms with Gasteiger partial charge in [0.2, 0.25) is 0 Å². The molecule has 0 unspecified atom stereocenters. The van der Waals surface area contributed by atoms with Crippen molar-refractivity contribution in [1.82, 2.24) is 0 Å². The van der Waals surface area contributed by atoms with Gasteiger partial charge in [-0.25, -0.2) is 0 Å². The van der Waals surface area contributed by atoms with E-state index in [0.29, 0.717) is 21.4 Å². The summed E-state index contributed by atoms with van der Waals surface area (Å²) in [6, 6.07) is 8.35. The Morgan fingerprint density at radius 1 is 1.25 bits per heavy atom. The zero-order valence-corrected chi connectivity index (χ0v) is 12.8. The third-order valence-electron chi connectivity index (χ3n) is 3.16. The summed E-state index contributed by atoms with van der Waals surface area (Å²) in [5, 5.41) is 12.5. The summed E-state index contributed by atoms with van der Waals surface area (Å²) < 4.78 is 0.547. The van der Waals surface area contributed by atoms with Crippen LogP contribution in [0.3, 0.4) is 0 Å². The number of hydrogen-bond acceptors (Lipinski definition) is 3. The van der Waals surface area contributed by atoms with E-state index in [1.165, 1.54) is 6.07 Å². The Morgan fingerprint density at radius 2 is 1.95 bits per heavy atom. The van der Waals surface area contributed by atoms with Crippen LogP contribution in [0.25, 0.3) is 0 Å². The van der Waals surface area contributed by atoms with Gasteiger partial charge >= 0.3 is 0 Å². The van der Waals surface area contributed by atoms with E-state index in [0.717, 1.165) is 11.1 Å². The van der Waals surface area contributed by atoms with Crippen LogP contribution < -0.4 is 11.1 Å². The molecule has 2 rings (SSSR count). The van der Waals surface area contributed by atoms with E-state index in [1.807, 2.05) is 26.0 Å². The number of halogens is 1. The Balaban J connectivity index is 2.32. The number of carbonyl (C=O) groups is 1. The molecule has 20 heavy (non-hydrogen) atoms. The Kier molecular flexibility index (Phi) is 3.99. The molecule has 0 bridgehead atoms. The van der Waals surface area contributed by atoms with E-state index in [-0.39, 0.29) is 11.7 Å². The fraction of sp³-hybridized carbons (Fsp3) is 0.133. The summed E-state index contributed by atoms with van der Waals surface area (Å²) in [4.78, 5) is 12.2. The zero-order valence-electron chi connectivity index (χ0n) is 11.2.